The van der Waals surface area contributed by atoms with Crippen LogP contribution in [0.1, 0.15) is 38.7 Å². The molecule has 0 fully saturated rings. The van der Waals surface area contributed by atoms with Gasteiger partial charge >= 0.3 is 0 Å². The Labute approximate surface area is 167 Å². The van der Waals surface area contributed by atoms with Crippen LogP contribution >= 0.6 is 0 Å². The maximum Gasteiger partial charge on any atom is 0.243 e. The van der Waals surface area contributed by atoms with E-state index in [1.165, 1.54) is 4.31 Å². The molecule has 2 rings (SSSR count). The van der Waals surface area contributed by atoms with Gasteiger partial charge < -0.3 is 10.1 Å². The zero-order chi connectivity index (χ0) is 20.7. The topological polar surface area (TPSA) is 75.7 Å². The van der Waals surface area contributed by atoms with E-state index >= 15 is 0 Å². The molecule has 0 bridgehead atoms. The Morgan fingerprint density at radius 2 is 1.82 bits per heavy atom. The predicted octanol–water partition coefficient (Wildman–Crippen LogP) is 3.86. The van der Waals surface area contributed by atoms with Gasteiger partial charge in [-0.1, -0.05) is 39.0 Å². The average molecular weight is 405 g/mol. The number of benzene rings is 2. The summed E-state index contributed by atoms with van der Waals surface area (Å²) in [7, 11) is -2.21. The lowest BCUT2D eigenvalue weighted by Crippen LogP contribution is -2.37. The number of nitrogens with zero attached hydrogens (tertiary/aromatic N) is 1. The highest BCUT2D eigenvalue weighted by molar-refractivity contribution is 7.89. The molecule has 152 valence electrons. The number of amides is 1. The van der Waals surface area contributed by atoms with Crippen molar-refractivity contribution < 1.29 is 17.9 Å². The van der Waals surface area contributed by atoms with Crippen molar-refractivity contribution in [1.29, 1.82) is 0 Å². The molecule has 2 aromatic carbocycles. The number of carbonyl (C=O) groups excluding carboxylic acids is 1. The maximum atomic E-state index is 12.9. The third-order valence-electron chi connectivity index (χ3n) is 4.73. The minimum atomic E-state index is -3.75. The summed E-state index contributed by atoms with van der Waals surface area (Å²) in [6.45, 7) is 5.84. The molecule has 0 heterocycles. The number of hydrogen-bond donors (Lipinski definition) is 1. The standard InChI is InChI=1S/C21H28N2O4S/c1-5-16(3)17-10-12-20(13-11-17)28(25,26)23(6-2)15-21(24)22-18-8-7-9-19(14-18)27-4/h7-14,16H,5-6,15H2,1-4H3,(H,22,24). The molecule has 1 atom stereocenters. The summed E-state index contributed by atoms with van der Waals surface area (Å²) in [5.74, 6) is 0.571. The molecular weight excluding hydrogens is 376 g/mol. The molecule has 28 heavy (non-hydrogen) atoms. The number of ether oxygens (including phenoxy) is 1. The molecule has 0 aromatic heterocycles. The quantitative estimate of drug-likeness (QED) is 0.689. The van der Waals surface area contributed by atoms with Gasteiger partial charge in [-0.3, -0.25) is 4.79 Å². The van der Waals surface area contributed by atoms with Gasteiger partial charge in [0.2, 0.25) is 15.9 Å². The molecule has 0 spiro atoms. The Balaban J connectivity index is 2.12. The van der Waals surface area contributed by atoms with E-state index in [9.17, 15) is 13.2 Å². The smallest absolute Gasteiger partial charge is 0.243 e. The van der Waals surface area contributed by atoms with Gasteiger partial charge in [0.15, 0.2) is 0 Å². The van der Waals surface area contributed by atoms with Crippen LogP contribution in [0.5, 0.6) is 5.75 Å². The Bertz CT molecular complexity index is 895. The van der Waals surface area contributed by atoms with Crippen molar-refractivity contribution in [3.8, 4) is 5.75 Å². The van der Waals surface area contributed by atoms with E-state index in [0.717, 1.165) is 12.0 Å². The van der Waals surface area contributed by atoms with Gasteiger partial charge in [-0.2, -0.15) is 4.31 Å². The Morgan fingerprint density at radius 3 is 2.39 bits per heavy atom. The van der Waals surface area contributed by atoms with Crippen LogP contribution in [0, 0.1) is 0 Å². The SMILES string of the molecule is CCC(C)c1ccc(S(=O)(=O)N(CC)CC(=O)Nc2cccc(OC)c2)cc1. The normalized spacial score (nSPS) is 12.6. The van der Waals surface area contributed by atoms with Gasteiger partial charge in [0.1, 0.15) is 5.75 Å². The van der Waals surface area contributed by atoms with Crippen LogP contribution < -0.4 is 10.1 Å². The van der Waals surface area contributed by atoms with E-state index in [0.29, 0.717) is 17.4 Å². The van der Waals surface area contributed by atoms with E-state index < -0.39 is 15.9 Å². The molecule has 0 aliphatic carbocycles. The maximum absolute atomic E-state index is 12.9. The zero-order valence-corrected chi connectivity index (χ0v) is 17.6. The van der Waals surface area contributed by atoms with Crippen LogP contribution in [0.3, 0.4) is 0 Å². The number of likely N-dealkylation sites (N-methyl/N-ethyl adjacent to an activating group) is 1. The summed E-state index contributed by atoms with van der Waals surface area (Å²) >= 11 is 0. The average Bonchev–Trinajstić information content (AvgIpc) is 2.71. The minimum Gasteiger partial charge on any atom is -0.497 e. The van der Waals surface area contributed by atoms with Crippen LogP contribution in [0.25, 0.3) is 0 Å². The lowest BCUT2D eigenvalue weighted by molar-refractivity contribution is -0.116. The van der Waals surface area contributed by atoms with Gasteiger partial charge in [0.05, 0.1) is 18.6 Å². The lowest BCUT2D eigenvalue weighted by Gasteiger charge is -2.20. The predicted molar refractivity (Wildman–Crippen MR) is 111 cm³/mol. The Kier molecular flexibility index (Phi) is 7.60. The molecule has 1 unspecified atom stereocenters. The van der Waals surface area contributed by atoms with Crippen molar-refractivity contribution in [2.45, 2.75) is 38.0 Å². The highest BCUT2D eigenvalue weighted by atomic mass is 32.2. The molecule has 0 saturated carbocycles. The second-order valence-electron chi connectivity index (χ2n) is 6.59. The third-order valence-corrected chi connectivity index (χ3v) is 6.66. The third kappa shape index (κ3) is 5.33. The molecule has 0 aliphatic heterocycles. The van der Waals surface area contributed by atoms with Crippen LogP contribution in [-0.4, -0.2) is 38.8 Å². The first-order valence-corrected chi connectivity index (χ1v) is 10.8. The fourth-order valence-electron chi connectivity index (χ4n) is 2.78. The molecular formula is C21H28N2O4S. The first-order chi connectivity index (χ1) is 13.3. The molecule has 1 N–H and O–H groups in total. The van der Waals surface area contributed by atoms with E-state index in [-0.39, 0.29) is 18.0 Å². The van der Waals surface area contributed by atoms with Crippen LogP contribution in [0.15, 0.2) is 53.4 Å². The first-order valence-electron chi connectivity index (χ1n) is 9.35. The van der Waals surface area contributed by atoms with Crippen molar-refractivity contribution in [3.05, 3.63) is 54.1 Å². The largest absolute Gasteiger partial charge is 0.497 e. The number of carbonyl (C=O) groups is 1. The number of anilines is 1. The molecule has 2 aromatic rings. The number of nitrogens with one attached hydrogen (secondary N) is 1. The van der Waals surface area contributed by atoms with E-state index in [4.69, 9.17) is 4.74 Å². The minimum absolute atomic E-state index is 0.190. The van der Waals surface area contributed by atoms with Gasteiger partial charge in [-0.05, 0) is 42.2 Å². The lowest BCUT2D eigenvalue weighted by atomic mass is 9.99. The molecule has 7 heteroatoms. The number of methoxy groups -OCH3 is 1. The van der Waals surface area contributed by atoms with E-state index in [1.54, 1.807) is 50.4 Å². The fraction of sp³-hybridized carbons (Fsp3) is 0.381. The van der Waals surface area contributed by atoms with Crippen molar-refractivity contribution in [2.24, 2.45) is 0 Å². The molecule has 0 radical (unpaired) electrons. The van der Waals surface area contributed by atoms with Crippen molar-refractivity contribution in [3.63, 3.8) is 0 Å². The first kappa shape index (κ1) is 21.9. The molecule has 0 saturated heterocycles. The fourth-order valence-corrected chi connectivity index (χ4v) is 4.19. The van der Waals surface area contributed by atoms with Crippen molar-refractivity contribution in [2.75, 3.05) is 25.5 Å². The van der Waals surface area contributed by atoms with Gasteiger partial charge in [-0.15, -0.1) is 0 Å². The highest BCUT2D eigenvalue weighted by Gasteiger charge is 2.25. The molecule has 0 aliphatic rings. The van der Waals surface area contributed by atoms with Crippen LogP contribution in [0.4, 0.5) is 5.69 Å². The van der Waals surface area contributed by atoms with Gasteiger partial charge in [-0.25, -0.2) is 8.42 Å². The summed E-state index contributed by atoms with van der Waals surface area (Å²) in [6, 6.07) is 13.8. The molecule has 6 nitrogen and oxygen atoms in total. The number of sulfonamides is 1. The zero-order valence-electron chi connectivity index (χ0n) is 16.8. The summed E-state index contributed by atoms with van der Waals surface area (Å²) in [5.41, 5.74) is 1.65. The second-order valence-corrected chi connectivity index (χ2v) is 8.53. The summed E-state index contributed by atoms with van der Waals surface area (Å²) < 4.78 is 32.2. The van der Waals surface area contributed by atoms with Crippen LogP contribution in [-0.2, 0) is 14.8 Å². The summed E-state index contributed by atoms with van der Waals surface area (Å²) in [5, 5.41) is 2.71. The highest BCUT2D eigenvalue weighted by Crippen LogP contribution is 2.22. The van der Waals surface area contributed by atoms with E-state index in [1.807, 2.05) is 12.1 Å². The second kappa shape index (κ2) is 9.71. The van der Waals surface area contributed by atoms with E-state index in [2.05, 4.69) is 19.2 Å². The Hall–Kier alpha value is -2.38. The summed E-state index contributed by atoms with van der Waals surface area (Å²) in [6.07, 6.45) is 0.984. The van der Waals surface area contributed by atoms with Gasteiger partial charge in [0, 0.05) is 18.3 Å². The number of rotatable bonds is 9. The Morgan fingerprint density at radius 1 is 1.14 bits per heavy atom. The van der Waals surface area contributed by atoms with Crippen LogP contribution in [0.2, 0.25) is 0 Å². The van der Waals surface area contributed by atoms with Gasteiger partial charge in [0.25, 0.3) is 0 Å². The monoisotopic (exact) mass is 404 g/mol. The molecule has 1 amide bonds. The van der Waals surface area contributed by atoms with Crippen molar-refractivity contribution >= 4 is 21.6 Å². The number of hydrogen-bond acceptors (Lipinski definition) is 4. The van der Waals surface area contributed by atoms with Crippen molar-refractivity contribution in [1.82, 2.24) is 4.31 Å². The summed E-state index contributed by atoms with van der Waals surface area (Å²) in [4.78, 5) is 12.6.